The first-order valence-corrected chi connectivity index (χ1v) is 9.03. The van der Waals surface area contributed by atoms with Gasteiger partial charge in [-0.15, -0.1) is 10.2 Å². The molecule has 28 heavy (non-hydrogen) atoms. The second-order valence-electron chi connectivity index (χ2n) is 6.53. The number of fused-ring (bicyclic) bond motifs is 4. The van der Waals surface area contributed by atoms with Gasteiger partial charge in [0.1, 0.15) is 5.69 Å². The molecule has 0 unspecified atom stereocenters. The number of hydrogen-bond acceptors (Lipinski definition) is 7. The quantitative estimate of drug-likeness (QED) is 0.757. The standard InChI is InChI=1S/C15H18N4O.C4H4O4/c1-2-14(20-11-1)13-3-4-15(17-16-13)19-10-9-18-7-5-12(19)6-8-18;5-3(6)1-2-4(7)8/h1-4,11-12H,5-10H2;1-2H,(H,5,6)(H,7,8)/b;2-1+. The Morgan fingerprint density at radius 3 is 2.25 bits per heavy atom. The highest BCUT2D eigenvalue weighted by atomic mass is 16.4. The van der Waals surface area contributed by atoms with Crippen molar-refractivity contribution in [3.8, 4) is 11.5 Å². The fourth-order valence-electron chi connectivity index (χ4n) is 3.36. The minimum atomic E-state index is -1.26. The third-order valence-corrected chi connectivity index (χ3v) is 4.74. The van der Waals surface area contributed by atoms with Crippen LogP contribution in [-0.4, -0.2) is 69.5 Å². The van der Waals surface area contributed by atoms with E-state index in [9.17, 15) is 9.59 Å². The Balaban J connectivity index is 0.000000242. The van der Waals surface area contributed by atoms with Gasteiger partial charge in [-0.2, -0.15) is 0 Å². The van der Waals surface area contributed by atoms with E-state index in [0.29, 0.717) is 18.2 Å². The van der Waals surface area contributed by atoms with Gasteiger partial charge in [0.25, 0.3) is 0 Å². The average molecular weight is 386 g/mol. The summed E-state index contributed by atoms with van der Waals surface area (Å²) >= 11 is 0. The molecule has 3 aliphatic rings. The molecular weight excluding hydrogens is 364 g/mol. The van der Waals surface area contributed by atoms with Crippen LogP contribution in [0.4, 0.5) is 5.82 Å². The fraction of sp³-hybridized carbons (Fsp3) is 0.368. The number of nitrogens with zero attached hydrogens (tertiary/aromatic N) is 4. The number of hydrogen-bond donors (Lipinski definition) is 2. The Kier molecular flexibility index (Phi) is 6.38. The van der Waals surface area contributed by atoms with Gasteiger partial charge in [-0.25, -0.2) is 9.59 Å². The normalized spacial score (nSPS) is 21.1. The molecule has 0 aliphatic carbocycles. The third kappa shape index (κ3) is 5.17. The van der Waals surface area contributed by atoms with E-state index in [1.54, 1.807) is 6.26 Å². The van der Waals surface area contributed by atoms with Crippen LogP contribution in [0.5, 0.6) is 0 Å². The van der Waals surface area contributed by atoms with Gasteiger partial charge in [-0.3, -0.25) is 0 Å². The average Bonchev–Trinajstić information content (AvgIpc) is 3.07. The maximum absolute atomic E-state index is 9.55. The SMILES string of the molecule is O=C(O)/C=C/C(=O)O.c1coc(-c2ccc(N3CCN4CCC3CC4)nn2)c1. The van der Waals surface area contributed by atoms with Gasteiger partial charge in [0, 0.05) is 44.4 Å². The summed E-state index contributed by atoms with van der Waals surface area (Å²) in [5, 5.41) is 24.3. The van der Waals surface area contributed by atoms with Crippen molar-refractivity contribution < 1.29 is 24.2 Å². The second kappa shape index (κ2) is 9.14. The predicted molar refractivity (Wildman–Crippen MR) is 101 cm³/mol. The molecule has 5 heterocycles. The van der Waals surface area contributed by atoms with Crippen LogP contribution in [-0.2, 0) is 9.59 Å². The molecule has 3 fully saturated rings. The fourth-order valence-corrected chi connectivity index (χ4v) is 3.36. The number of aliphatic carboxylic acids is 2. The first-order valence-electron chi connectivity index (χ1n) is 9.03. The molecular formula is C19H22N4O5. The van der Waals surface area contributed by atoms with Crippen molar-refractivity contribution in [2.75, 3.05) is 31.1 Å². The molecule has 0 radical (unpaired) electrons. The smallest absolute Gasteiger partial charge is 0.328 e. The van der Waals surface area contributed by atoms with Gasteiger partial charge in [0.2, 0.25) is 0 Å². The van der Waals surface area contributed by atoms with E-state index >= 15 is 0 Å². The van der Waals surface area contributed by atoms with E-state index in [1.165, 1.54) is 25.9 Å². The van der Waals surface area contributed by atoms with Crippen molar-refractivity contribution in [3.05, 3.63) is 42.7 Å². The molecule has 0 amide bonds. The van der Waals surface area contributed by atoms with Crippen molar-refractivity contribution in [2.24, 2.45) is 0 Å². The largest absolute Gasteiger partial charge is 0.478 e. The minimum Gasteiger partial charge on any atom is -0.478 e. The lowest BCUT2D eigenvalue weighted by molar-refractivity contribution is -0.134. The molecule has 2 aromatic heterocycles. The number of furan rings is 1. The zero-order valence-corrected chi connectivity index (χ0v) is 15.3. The Labute approximate surface area is 161 Å². The molecule has 5 rings (SSSR count). The summed E-state index contributed by atoms with van der Waals surface area (Å²) in [6.07, 6.45) is 5.25. The second-order valence-corrected chi connectivity index (χ2v) is 6.53. The van der Waals surface area contributed by atoms with Gasteiger partial charge in [0.15, 0.2) is 11.6 Å². The van der Waals surface area contributed by atoms with Crippen LogP contribution in [0.25, 0.3) is 11.5 Å². The van der Waals surface area contributed by atoms with E-state index in [2.05, 4.69) is 26.1 Å². The Morgan fingerprint density at radius 2 is 1.71 bits per heavy atom. The molecule has 0 spiro atoms. The van der Waals surface area contributed by atoms with Crippen LogP contribution < -0.4 is 4.90 Å². The Hall–Kier alpha value is -3.20. The topological polar surface area (TPSA) is 120 Å². The molecule has 2 aromatic rings. The summed E-state index contributed by atoms with van der Waals surface area (Å²) in [5.74, 6) is -0.749. The van der Waals surface area contributed by atoms with E-state index in [-0.39, 0.29) is 0 Å². The monoisotopic (exact) mass is 386 g/mol. The zero-order chi connectivity index (χ0) is 19.9. The Morgan fingerprint density at radius 1 is 1.00 bits per heavy atom. The molecule has 2 bridgehead atoms. The third-order valence-electron chi connectivity index (χ3n) is 4.74. The summed E-state index contributed by atoms with van der Waals surface area (Å²) in [7, 11) is 0. The lowest BCUT2D eigenvalue weighted by Crippen LogP contribution is -2.38. The molecule has 0 atom stereocenters. The van der Waals surface area contributed by atoms with Gasteiger partial charge in [-0.1, -0.05) is 0 Å². The number of piperidine rings is 1. The van der Waals surface area contributed by atoms with Gasteiger partial charge >= 0.3 is 11.9 Å². The summed E-state index contributed by atoms with van der Waals surface area (Å²) in [6.45, 7) is 4.63. The molecule has 9 nitrogen and oxygen atoms in total. The lowest BCUT2D eigenvalue weighted by atomic mass is 10.1. The number of anilines is 1. The Bertz CT molecular complexity index is 795. The van der Waals surface area contributed by atoms with Crippen molar-refractivity contribution in [2.45, 2.75) is 18.9 Å². The van der Waals surface area contributed by atoms with E-state index in [0.717, 1.165) is 30.4 Å². The van der Waals surface area contributed by atoms with Gasteiger partial charge in [0.05, 0.1) is 6.26 Å². The summed E-state index contributed by atoms with van der Waals surface area (Å²) in [4.78, 5) is 24.1. The number of carbonyl (C=O) groups is 2. The molecule has 3 aliphatic heterocycles. The van der Waals surface area contributed by atoms with Gasteiger partial charge in [-0.05, 0) is 37.1 Å². The molecule has 9 heteroatoms. The van der Waals surface area contributed by atoms with Crippen LogP contribution in [0.3, 0.4) is 0 Å². The zero-order valence-electron chi connectivity index (χ0n) is 15.3. The van der Waals surface area contributed by atoms with Crippen molar-refractivity contribution in [3.63, 3.8) is 0 Å². The first kappa shape index (κ1) is 19.6. The summed E-state index contributed by atoms with van der Waals surface area (Å²) in [5.41, 5.74) is 0.793. The molecule has 0 saturated carbocycles. The van der Waals surface area contributed by atoms with E-state index in [4.69, 9.17) is 14.6 Å². The van der Waals surface area contributed by atoms with Crippen molar-refractivity contribution >= 4 is 17.8 Å². The van der Waals surface area contributed by atoms with Crippen LogP contribution in [0, 0.1) is 0 Å². The number of aromatic nitrogens is 2. The van der Waals surface area contributed by atoms with Crippen LogP contribution in [0.1, 0.15) is 12.8 Å². The maximum atomic E-state index is 9.55. The van der Waals surface area contributed by atoms with Crippen molar-refractivity contribution in [1.29, 1.82) is 0 Å². The first-order chi connectivity index (χ1) is 13.5. The van der Waals surface area contributed by atoms with Crippen LogP contribution in [0.2, 0.25) is 0 Å². The molecule has 0 aromatic carbocycles. The predicted octanol–water partition coefficient (Wildman–Crippen LogP) is 1.73. The lowest BCUT2D eigenvalue weighted by Gasteiger charge is -2.31. The number of carboxylic acid groups (broad SMARTS) is 2. The highest BCUT2D eigenvalue weighted by molar-refractivity contribution is 5.89. The maximum Gasteiger partial charge on any atom is 0.328 e. The van der Waals surface area contributed by atoms with E-state index in [1.807, 2.05) is 18.2 Å². The van der Waals surface area contributed by atoms with Crippen LogP contribution in [0.15, 0.2) is 47.1 Å². The minimum absolute atomic E-state index is 0.558. The highest BCUT2D eigenvalue weighted by Gasteiger charge is 2.29. The van der Waals surface area contributed by atoms with E-state index < -0.39 is 11.9 Å². The number of rotatable bonds is 4. The van der Waals surface area contributed by atoms with Crippen molar-refractivity contribution in [1.82, 2.24) is 15.1 Å². The summed E-state index contributed by atoms with van der Waals surface area (Å²) < 4.78 is 5.35. The highest BCUT2D eigenvalue weighted by Crippen LogP contribution is 2.26. The van der Waals surface area contributed by atoms with Gasteiger partial charge < -0.3 is 24.4 Å². The summed E-state index contributed by atoms with van der Waals surface area (Å²) in [6, 6.07) is 8.46. The molecule has 2 N–H and O–H groups in total. The number of carboxylic acids is 2. The molecule has 148 valence electrons. The molecule has 3 saturated heterocycles. The van der Waals surface area contributed by atoms with Crippen LogP contribution >= 0.6 is 0 Å².